The minimum atomic E-state index is -0.808. The lowest BCUT2D eigenvalue weighted by atomic mass is 9.85. The molecule has 1 unspecified atom stereocenters. The summed E-state index contributed by atoms with van der Waals surface area (Å²) in [6.07, 6.45) is 1.62. The highest BCUT2D eigenvalue weighted by Crippen LogP contribution is 2.30. The highest BCUT2D eigenvalue weighted by atomic mass is 35.5. The molecule has 7 heteroatoms. The summed E-state index contributed by atoms with van der Waals surface area (Å²) in [4.78, 5) is 25.9. The Labute approximate surface area is 139 Å². The van der Waals surface area contributed by atoms with Gasteiger partial charge in [-0.3, -0.25) is 14.5 Å². The van der Waals surface area contributed by atoms with E-state index in [2.05, 4.69) is 5.32 Å². The molecule has 0 bridgehead atoms. The summed E-state index contributed by atoms with van der Waals surface area (Å²) in [5.74, 6) is -1.02. The smallest absolute Gasteiger partial charge is 0.317 e. The molecule has 2 N–H and O–H groups in total. The Morgan fingerprint density at radius 2 is 2.18 bits per heavy atom. The maximum Gasteiger partial charge on any atom is 0.317 e. The van der Waals surface area contributed by atoms with E-state index in [1.807, 2.05) is 24.8 Å². The van der Waals surface area contributed by atoms with Gasteiger partial charge in [-0.25, -0.2) is 0 Å². The average molecular weight is 345 g/mol. The summed E-state index contributed by atoms with van der Waals surface area (Å²) in [5.41, 5.74) is 0. The Kier molecular flexibility index (Phi) is 5.83. The van der Waals surface area contributed by atoms with Crippen molar-refractivity contribution in [3.63, 3.8) is 0 Å². The van der Waals surface area contributed by atoms with Crippen LogP contribution in [0.1, 0.15) is 37.5 Å². The summed E-state index contributed by atoms with van der Waals surface area (Å²) in [5, 5.41) is 11.9. The molecule has 1 aliphatic carbocycles. The number of carboxylic acid groups (broad SMARTS) is 1. The fourth-order valence-electron chi connectivity index (χ4n) is 2.69. The van der Waals surface area contributed by atoms with Crippen molar-refractivity contribution in [2.45, 2.75) is 44.7 Å². The van der Waals surface area contributed by atoms with E-state index in [0.29, 0.717) is 10.9 Å². The third kappa shape index (κ3) is 4.21. The quantitative estimate of drug-likeness (QED) is 0.797. The molecule has 0 radical (unpaired) electrons. The number of carbonyl (C=O) groups excluding carboxylic acids is 1. The number of nitrogens with zero attached hydrogens (tertiary/aromatic N) is 1. The van der Waals surface area contributed by atoms with Crippen molar-refractivity contribution >= 4 is 34.8 Å². The highest BCUT2D eigenvalue weighted by Gasteiger charge is 2.35. The number of rotatable bonds is 7. The van der Waals surface area contributed by atoms with Crippen molar-refractivity contribution in [1.82, 2.24) is 10.2 Å². The van der Waals surface area contributed by atoms with E-state index in [1.165, 1.54) is 11.3 Å². The Balaban J connectivity index is 1.79. The van der Waals surface area contributed by atoms with Crippen LogP contribution in [0.5, 0.6) is 0 Å². The number of likely N-dealkylation sites (N-methyl/N-ethyl adjacent to an activating group) is 1. The fraction of sp³-hybridized carbons (Fsp3) is 0.600. The normalized spacial score (nSPS) is 22.2. The monoisotopic (exact) mass is 344 g/mol. The van der Waals surface area contributed by atoms with Crippen LogP contribution in [0.15, 0.2) is 12.1 Å². The predicted molar refractivity (Wildman–Crippen MR) is 87.6 cm³/mol. The zero-order valence-electron chi connectivity index (χ0n) is 12.7. The zero-order chi connectivity index (χ0) is 16.3. The van der Waals surface area contributed by atoms with Gasteiger partial charge in [0.15, 0.2) is 0 Å². The Morgan fingerprint density at radius 3 is 2.68 bits per heavy atom. The van der Waals surface area contributed by atoms with E-state index in [4.69, 9.17) is 16.7 Å². The first-order valence-electron chi connectivity index (χ1n) is 7.42. The lowest BCUT2D eigenvalue weighted by Gasteiger charge is -2.42. The van der Waals surface area contributed by atoms with Crippen LogP contribution in [-0.4, -0.2) is 47.1 Å². The molecule has 1 aromatic rings. The minimum absolute atomic E-state index is 0.00301. The first-order valence-corrected chi connectivity index (χ1v) is 8.61. The number of carboxylic acids is 1. The molecule has 5 nitrogen and oxygen atoms in total. The van der Waals surface area contributed by atoms with E-state index in [1.54, 1.807) is 6.07 Å². The Morgan fingerprint density at radius 1 is 1.50 bits per heavy atom. The number of halogens is 1. The van der Waals surface area contributed by atoms with Crippen molar-refractivity contribution in [3.05, 3.63) is 21.3 Å². The van der Waals surface area contributed by atoms with E-state index < -0.39 is 5.97 Å². The van der Waals surface area contributed by atoms with Gasteiger partial charge in [0.25, 0.3) is 0 Å². The van der Waals surface area contributed by atoms with Gasteiger partial charge in [0.1, 0.15) is 0 Å². The van der Waals surface area contributed by atoms with Gasteiger partial charge in [0, 0.05) is 17.0 Å². The number of amides is 1. The maximum absolute atomic E-state index is 12.2. The molecule has 0 aromatic carbocycles. The summed E-state index contributed by atoms with van der Waals surface area (Å²) >= 11 is 7.32. The van der Waals surface area contributed by atoms with Crippen LogP contribution in [0.4, 0.5) is 0 Å². The van der Waals surface area contributed by atoms with E-state index in [0.717, 1.165) is 17.7 Å². The van der Waals surface area contributed by atoms with Gasteiger partial charge in [-0.1, -0.05) is 18.5 Å². The van der Waals surface area contributed by atoms with Gasteiger partial charge >= 0.3 is 5.97 Å². The second-order valence-electron chi connectivity index (χ2n) is 5.65. The number of hydrogen-bond donors (Lipinski definition) is 2. The number of thiophene rings is 1. The number of nitrogens with one attached hydrogen (secondary N) is 1. The van der Waals surface area contributed by atoms with Gasteiger partial charge in [-0.05, 0) is 38.4 Å². The van der Waals surface area contributed by atoms with Crippen molar-refractivity contribution in [3.8, 4) is 0 Å². The molecule has 1 saturated carbocycles. The molecule has 0 aliphatic heterocycles. The second-order valence-corrected chi connectivity index (χ2v) is 7.40. The third-order valence-electron chi connectivity index (χ3n) is 4.13. The largest absolute Gasteiger partial charge is 0.480 e. The molecule has 1 aromatic heterocycles. The average Bonchev–Trinajstić information content (AvgIpc) is 2.85. The number of carbonyl (C=O) groups is 2. The molecule has 1 aliphatic rings. The highest BCUT2D eigenvalue weighted by molar-refractivity contribution is 7.16. The van der Waals surface area contributed by atoms with Crippen LogP contribution in [-0.2, 0) is 9.59 Å². The molecule has 0 saturated heterocycles. The second kappa shape index (κ2) is 7.44. The summed E-state index contributed by atoms with van der Waals surface area (Å²) in [6.45, 7) is 4.60. The van der Waals surface area contributed by atoms with Gasteiger partial charge in [0.05, 0.1) is 16.8 Å². The molecule has 122 valence electrons. The molecule has 0 spiro atoms. The molecule has 1 atom stereocenters. The molecule has 1 fully saturated rings. The summed E-state index contributed by atoms with van der Waals surface area (Å²) in [6, 6.07) is 4.07. The van der Waals surface area contributed by atoms with Crippen LogP contribution in [0.2, 0.25) is 4.34 Å². The van der Waals surface area contributed by atoms with E-state index in [-0.39, 0.29) is 30.5 Å². The molecule has 22 heavy (non-hydrogen) atoms. The summed E-state index contributed by atoms with van der Waals surface area (Å²) in [7, 11) is 0. The topological polar surface area (TPSA) is 69.6 Å². The zero-order valence-corrected chi connectivity index (χ0v) is 14.3. The van der Waals surface area contributed by atoms with Crippen molar-refractivity contribution in [2.75, 3.05) is 13.1 Å². The molecule has 1 amide bonds. The molecular formula is C15H21ClN2O3S. The Bertz CT molecular complexity index is 543. The number of hydrogen-bond acceptors (Lipinski definition) is 4. The van der Waals surface area contributed by atoms with Crippen LogP contribution in [0.25, 0.3) is 0 Å². The SMILES string of the molecule is CCN(CC(=O)O)C1CC(NC(=O)C(C)c2ccc(Cl)s2)C1. The van der Waals surface area contributed by atoms with Gasteiger partial charge < -0.3 is 10.4 Å². The van der Waals surface area contributed by atoms with Crippen molar-refractivity contribution in [1.29, 1.82) is 0 Å². The van der Waals surface area contributed by atoms with E-state index in [9.17, 15) is 9.59 Å². The van der Waals surface area contributed by atoms with E-state index >= 15 is 0 Å². The lowest BCUT2D eigenvalue weighted by molar-refractivity contribution is -0.139. The van der Waals surface area contributed by atoms with Crippen molar-refractivity contribution in [2.24, 2.45) is 0 Å². The first kappa shape index (κ1) is 17.2. The molecule has 2 rings (SSSR count). The molecule has 1 heterocycles. The van der Waals surface area contributed by atoms with Gasteiger partial charge in [-0.15, -0.1) is 11.3 Å². The maximum atomic E-state index is 12.2. The molecular weight excluding hydrogens is 324 g/mol. The predicted octanol–water partition coefficient (Wildman–Crippen LogP) is 2.56. The van der Waals surface area contributed by atoms with Gasteiger partial charge in [0.2, 0.25) is 5.91 Å². The van der Waals surface area contributed by atoms with Crippen LogP contribution in [0.3, 0.4) is 0 Å². The minimum Gasteiger partial charge on any atom is -0.480 e. The fourth-order valence-corrected chi connectivity index (χ4v) is 3.80. The number of aliphatic carboxylic acids is 1. The Hall–Kier alpha value is -1.11. The summed E-state index contributed by atoms with van der Waals surface area (Å²) < 4.78 is 0.686. The van der Waals surface area contributed by atoms with Crippen LogP contribution >= 0.6 is 22.9 Å². The third-order valence-corrected chi connectivity index (χ3v) is 5.55. The van der Waals surface area contributed by atoms with Crippen LogP contribution < -0.4 is 5.32 Å². The standard InChI is InChI=1S/C15H21ClN2O3S/c1-3-18(8-14(19)20)11-6-10(7-11)17-15(21)9(2)12-4-5-13(16)22-12/h4-5,9-11H,3,6-8H2,1-2H3,(H,17,21)(H,19,20). The first-order chi connectivity index (χ1) is 10.4. The van der Waals surface area contributed by atoms with Gasteiger partial charge in [-0.2, -0.15) is 0 Å². The lowest BCUT2D eigenvalue weighted by Crippen LogP contribution is -2.55. The van der Waals surface area contributed by atoms with Crippen molar-refractivity contribution < 1.29 is 14.7 Å². The van der Waals surface area contributed by atoms with Crippen LogP contribution in [0, 0.1) is 0 Å².